The highest BCUT2D eigenvalue weighted by Crippen LogP contribution is 2.28. The van der Waals surface area contributed by atoms with E-state index in [1.807, 2.05) is 27.7 Å². The maximum Gasteiger partial charge on any atom is 0.290 e. The fraction of sp³-hybridized carbons (Fsp3) is 0.625. The summed E-state index contributed by atoms with van der Waals surface area (Å²) < 4.78 is 12.7. The third-order valence-corrected chi connectivity index (χ3v) is 6.13. The molecule has 2 aromatic rings. The Balaban J connectivity index is 0.00000306. The lowest BCUT2D eigenvalue weighted by Crippen LogP contribution is -2.54. The first-order valence-corrected chi connectivity index (χ1v) is 11.7. The minimum atomic E-state index is -0.334. The van der Waals surface area contributed by atoms with Crippen LogP contribution >= 0.6 is 24.8 Å². The van der Waals surface area contributed by atoms with Gasteiger partial charge in [0, 0.05) is 45.9 Å². The van der Waals surface area contributed by atoms with E-state index in [1.165, 1.54) is 0 Å². The predicted molar refractivity (Wildman–Crippen MR) is 142 cm³/mol. The van der Waals surface area contributed by atoms with Crippen LogP contribution in [-0.4, -0.2) is 72.8 Å². The number of rotatable bonds is 11. The van der Waals surface area contributed by atoms with E-state index in [0.717, 1.165) is 18.4 Å². The van der Waals surface area contributed by atoms with Crippen molar-refractivity contribution in [3.63, 3.8) is 0 Å². The van der Waals surface area contributed by atoms with Gasteiger partial charge in [0.15, 0.2) is 5.82 Å². The Morgan fingerprint density at radius 2 is 1.97 bits per heavy atom. The molecule has 1 fully saturated rings. The number of primary amides is 1. The number of imidazole rings is 1. The van der Waals surface area contributed by atoms with Gasteiger partial charge in [0.05, 0.1) is 18.5 Å². The lowest BCUT2D eigenvalue weighted by Gasteiger charge is -2.38. The second-order valence-corrected chi connectivity index (χ2v) is 9.11. The standard InChI is InChI=1S/C24H37N5O4.2ClH/c1-16(2)15-29(18-12-17(22(25)30)13-26-14-18)24(31)23-27-21-19(8-7-9-20(21)33-4)28(23)10-5-6-11-32-3;;/h7-9,16-18,26H,5-6,10-15H2,1-4H3,(H2,25,30);2*1H/t17-,18?;;/m1../s1. The quantitative estimate of drug-likeness (QED) is 0.431. The van der Waals surface area contributed by atoms with Crippen molar-refractivity contribution >= 4 is 47.7 Å². The SMILES string of the molecule is COCCCCn1c(C(=O)N(CC(C)C)C2CNC[C@H](C(N)=O)C2)nc2c(OC)cccc21.Cl.Cl. The minimum Gasteiger partial charge on any atom is -0.494 e. The van der Waals surface area contributed by atoms with E-state index in [4.69, 9.17) is 20.2 Å². The molecule has 35 heavy (non-hydrogen) atoms. The summed E-state index contributed by atoms with van der Waals surface area (Å²) in [6.07, 6.45) is 2.30. The zero-order valence-electron chi connectivity index (χ0n) is 21.0. The molecule has 2 amide bonds. The summed E-state index contributed by atoms with van der Waals surface area (Å²) in [5.74, 6) is 0.538. The van der Waals surface area contributed by atoms with Crippen molar-refractivity contribution in [2.75, 3.05) is 40.5 Å². The number of aryl methyl sites for hydroxylation is 1. The Kier molecular flexibility index (Phi) is 12.8. The van der Waals surface area contributed by atoms with Gasteiger partial charge in [-0.2, -0.15) is 0 Å². The number of benzene rings is 1. The zero-order valence-corrected chi connectivity index (χ0v) is 22.6. The first-order chi connectivity index (χ1) is 15.9. The molecule has 0 saturated carbocycles. The summed E-state index contributed by atoms with van der Waals surface area (Å²) >= 11 is 0. The topological polar surface area (TPSA) is 112 Å². The predicted octanol–water partition coefficient (Wildman–Crippen LogP) is 2.88. The van der Waals surface area contributed by atoms with E-state index in [9.17, 15) is 9.59 Å². The van der Waals surface area contributed by atoms with Crippen LogP contribution in [0.4, 0.5) is 0 Å². The average Bonchev–Trinajstić information content (AvgIpc) is 3.18. The monoisotopic (exact) mass is 531 g/mol. The number of carbonyl (C=O) groups is 2. The van der Waals surface area contributed by atoms with E-state index in [0.29, 0.717) is 56.3 Å². The third kappa shape index (κ3) is 7.46. The number of fused-ring (bicyclic) bond motifs is 1. The number of ether oxygens (including phenoxy) is 2. The van der Waals surface area contributed by atoms with Gasteiger partial charge < -0.3 is 30.0 Å². The highest BCUT2D eigenvalue weighted by Gasteiger charge is 2.34. The molecule has 3 N–H and O–H groups in total. The first-order valence-electron chi connectivity index (χ1n) is 11.7. The van der Waals surface area contributed by atoms with Gasteiger partial charge in [-0.25, -0.2) is 4.98 Å². The summed E-state index contributed by atoms with van der Waals surface area (Å²) in [7, 11) is 3.30. The van der Waals surface area contributed by atoms with E-state index in [-0.39, 0.29) is 54.5 Å². The number of nitrogens with two attached hydrogens (primary N) is 1. The van der Waals surface area contributed by atoms with Crippen molar-refractivity contribution in [1.29, 1.82) is 0 Å². The van der Waals surface area contributed by atoms with Gasteiger partial charge in [0.25, 0.3) is 5.91 Å². The molecule has 1 aliphatic heterocycles. The van der Waals surface area contributed by atoms with Crippen LogP contribution in [0.2, 0.25) is 0 Å². The fourth-order valence-electron chi connectivity index (χ4n) is 4.49. The molecular weight excluding hydrogens is 493 g/mol. The van der Waals surface area contributed by atoms with Crippen LogP contribution in [0.15, 0.2) is 18.2 Å². The largest absolute Gasteiger partial charge is 0.494 e. The van der Waals surface area contributed by atoms with Gasteiger partial charge in [0.2, 0.25) is 5.91 Å². The average molecular weight is 533 g/mol. The van der Waals surface area contributed by atoms with Crippen molar-refractivity contribution in [2.45, 2.75) is 45.7 Å². The van der Waals surface area contributed by atoms with Crippen LogP contribution in [0.5, 0.6) is 5.75 Å². The van der Waals surface area contributed by atoms with Crippen molar-refractivity contribution in [1.82, 2.24) is 19.8 Å². The van der Waals surface area contributed by atoms with E-state index >= 15 is 0 Å². The number of carbonyl (C=O) groups excluding carboxylic acids is 2. The normalized spacial score (nSPS) is 17.5. The number of aromatic nitrogens is 2. The zero-order chi connectivity index (χ0) is 24.0. The van der Waals surface area contributed by atoms with Crippen LogP contribution in [-0.2, 0) is 16.1 Å². The third-order valence-electron chi connectivity index (χ3n) is 6.13. The first kappa shape index (κ1) is 31.0. The van der Waals surface area contributed by atoms with Gasteiger partial charge in [0.1, 0.15) is 11.3 Å². The van der Waals surface area contributed by atoms with Crippen molar-refractivity contribution in [2.24, 2.45) is 17.6 Å². The van der Waals surface area contributed by atoms with E-state index in [1.54, 1.807) is 14.2 Å². The van der Waals surface area contributed by atoms with Crippen molar-refractivity contribution in [3.05, 3.63) is 24.0 Å². The molecule has 1 saturated heterocycles. The molecule has 1 aromatic heterocycles. The van der Waals surface area contributed by atoms with Crippen LogP contribution in [0.1, 0.15) is 43.7 Å². The number of halogens is 2. The number of unbranched alkanes of at least 4 members (excludes halogenated alkanes) is 1. The molecule has 9 nitrogen and oxygen atoms in total. The summed E-state index contributed by atoms with van der Waals surface area (Å²) in [6.45, 7) is 7.22. The number of nitrogens with one attached hydrogen (secondary N) is 1. The number of hydrogen-bond acceptors (Lipinski definition) is 6. The second-order valence-electron chi connectivity index (χ2n) is 9.11. The molecule has 1 aromatic carbocycles. The maximum atomic E-state index is 14.0. The Bertz CT molecular complexity index is 969. The van der Waals surface area contributed by atoms with Crippen LogP contribution in [0.25, 0.3) is 11.0 Å². The molecule has 1 unspecified atom stereocenters. The molecule has 11 heteroatoms. The molecule has 0 radical (unpaired) electrons. The van der Waals surface area contributed by atoms with E-state index < -0.39 is 0 Å². The van der Waals surface area contributed by atoms with Gasteiger partial charge in [-0.1, -0.05) is 19.9 Å². The van der Waals surface area contributed by atoms with Crippen molar-refractivity contribution < 1.29 is 19.1 Å². The molecule has 0 spiro atoms. The molecule has 2 atom stereocenters. The summed E-state index contributed by atoms with van der Waals surface area (Å²) in [5, 5.41) is 3.28. The maximum absolute atomic E-state index is 14.0. The number of methoxy groups -OCH3 is 2. The summed E-state index contributed by atoms with van der Waals surface area (Å²) in [5.41, 5.74) is 7.13. The molecule has 3 rings (SSSR count). The Labute approximate surface area is 219 Å². The number of piperidine rings is 1. The molecule has 198 valence electrons. The van der Waals surface area contributed by atoms with Crippen LogP contribution < -0.4 is 15.8 Å². The van der Waals surface area contributed by atoms with Gasteiger partial charge in [-0.15, -0.1) is 24.8 Å². The van der Waals surface area contributed by atoms with Gasteiger partial charge >= 0.3 is 0 Å². The smallest absolute Gasteiger partial charge is 0.290 e. The molecule has 1 aliphatic rings. The summed E-state index contributed by atoms with van der Waals surface area (Å²) in [6, 6.07) is 5.61. The van der Waals surface area contributed by atoms with Crippen LogP contribution in [0.3, 0.4) is 0 Å². The Morgan fingerprint density at radius 1 is 1.23 bits per heavy atom. The molecule has 0 bridgehead atoms. The molecule has 2 heterocycles. The van der Waals surface area contributed by atoms with Gasteiger partial charge in [-0.3, -0.25) is 9.59 Å². The summed E-state index contributed by atoms with van der Waals surface area (Å²) in [4.78, 5) is 32.4. The second kappa shape index (κ2) is 14.5. The van der Waals surface area contributed by atoms with Gasteiger partial charge in [-0.05, 0) is 37.3 Å². The Hall–Kier alpha value is -2.07. The molecular formula is C24H39Cl2N5O4. The number of amides is 2. The lowest BCUT2D eigenvalue weighted by atomic mass is 9.93. The number of para-hydroxylation sites is 1. The highest BCUT2D eigenvalue weighted by atomic mass is 35.5. The molecule has 0 aliphatic carbocycles. The lowest BCUT2D eigenvalue weighted by molar-refractivity contribution is -0.122. The fourth-order valence-corrected chi connectivity index (χ4v) is 4.49. The van der Waals surface area contributed by atoms with E-state index in [2.05, 4.69) is 19.2 Å². The highest BCUT2D eigenvalue weighted by molar-refractivity contribution is 5.96. The minimum absolute atomic E-state index is 0. The number of nitrogens with zero attached hydrogens (tertiary/aromatic N) is 3. The number of hydrogen-bond donors (Lipinski definition) is 2. The van der Waals surface area contributed by atoms with Crippen molar-refractivity contribution in [3.8, 4) is 5.75 Å². The Morgan fingerprint density at radius 3 is 2.60 bits per heavy atom. The van der Waals surface area contributed by atoms with Crippen LogP contribution in [0, 0.1) is 11.8 Å².